The Kier molecular flexibility index (Phi) is 6.54. The zero-order valence-corrected chi connectivity index (χ0v) is 25.2. The first-order valence-corrected chi connectivity index (χ1v) is 15.0. The number of amides is 2. The van der Waals surface area contributed by atoms with Crippen LogP contribution in [-0.4, -0.2) is 45.3 Å². The SMILES string of the molecule is Cc1coc(-c2nc3oc2[C@@]24c5ccccc5NC2Oc2ccc(cc24)C[C@H](NC(=O)[C@@H](O)C(C)C)C(=O)N[C@H]3C(C)C)n1. The summed E-state index contributed by atoms with van der Waals surface area (Å²) in [5.41, 5.74) is 3.61. The quantitative estimate of drug-likeness (QED) is 0.268. The normalized spacial score (nSPS) is 24.0. The van der Waals surface area contributed by atoms with Crippen LogP contribution in [0.1, 0.15) is 67.8 Å². The Morgan fingerprint density at radius 1 is 1.09 bits per heavy atom. The van der Waals surface area contributed by atoms with Gasteiger partial charge >= 0.3 is 0 Å². The molecule has 3 aliphatic heterocycles. The van der Waals surface area contributed by atoms with E-state index in [4.69, 9.17) is 18.6 Å². The summed E-state index contributed by atoms with van der Waals surface area (Å²) in [6.45, 7) is 9.25. The average Bonchev–Trinajstić information content (AvgIpc) is 3.75. The molecule has 44 heavy (non-hydrogen) atoms. The van der Waals surface area contributed by atoms with Crippen LogP contribution in [0.3, 0.4) is 0 Å². The number of fused-ring (bicyclic) bond motifs is 4. The number of benzene rings is 2. The summed E-state index contributed by atoms with van der Waals surface area (Å²) in [4.78, 5) is 36.5. The third-order valence-corrected chi connectivity index (χ3v) is 8.77. The highest BCUT2D eigenvalue weighted by Gasteiger charge is 2.61. The van der Waals surface area contributed by atoms with Gasteiger partial charge in [0.1, 0.15) is 35.6 Å². The van der Waals surface area contributed by atoms with Gasteiger partial charge in [-0.05, 0) is 42.0 Å². The fourth-order valence-electron chi connectivity index (χ4n) is 6.47. The first kappa shape index (κ1) is 28.1. The van der Waals surface area contributed by atoms with Gasteiger partial charge in [-0.3, -0.25) is 9.59 Å². The van der Waals surface area contributed by atoms with E-state index in [0.29, 0.717) is 28.8 Å². The second kappa shape index (κ2) is 10.2. The van der Waals surface area contributed by atoms with Crippen LogP contribution in [0.15, 0.2) is 57.6 Å². The Hall–Kier alpha value is -4.64. The lowest BCUT2D eigenvalue weighted by Crippen LogP contribution is -2.52. The molecular formula is C33H35N5O6. The number of hydrogen-bond acceptors (Lipinski definition) is 9. The van der Waals surface area contributed by atoms with Gasteiger partial charge in [0.2, 0.25) is 23.6 Å². The van der Waals surface area contributed by atoms with E-state index in [1.165, 1.54) is 0 Å². The summed E-state index contributed by atoms with van der Waals surface area (Å²) in [7, 11) is 0. The van der Waals surface area contributed by atoms with E-state index < -0.39 is 41.6 Å². The largest absolute Gasteiger partial charge is 0.469 e. The van der Waals surface area contributed by atoms with E-state index in [2.05, 4.69) is 20.9 Å². The van der Waals surface area contributed by atoms with Crippen molar-refractivity contribution in [2.24, 2.45) is 11.8 Å². The topological polar surface area (TPSA) is 152 Å². The molecule has 3 aliphatic rings. The molecule has 2 aromatic heterocycles. The summed E-state index contributed by atoms with van der Waals surface area (Å²) < 4.78 is 19.2. The summed E-state index contributed by atoms with van der Waals surface area (Å²) >= 11 is 0. The molecule has 11 nitrogen and oxygen atoms in total. The number of aryl methyl sites for hydroxylation is 1. The highest BCUT2D eigenvalue weighted by atomic mass is 16.5. The molecule has 2 aromatic carbocycles. The Morgan fingerprint density at radius 2 is 1.89 bits per heavy atom. The number of aliphatic hydroxyl groups is 1. The summed E-state index contributed by atoms with van der Waals surface area (Å²) in [5.74, 6) is 0.252. The van der Waals surface area contributed by atoms with E-state index in [1.54, 1.807) is 20.1 Å². The number of para-hydroxylation sites is 1. The van der Waals surface area contributed by atoms with Crippen LogP contribution in [0.25, 0.3) is 11.6 Å². The number of aromatic nitrogens is 2. The van der Waals surface area contributed by atoms with Crippen molar-refractivity contribution in [3.63, 3.8) is 0 Å². The van der Waals surface area contributed by atoms with Gasteiger partial charge < -0.3 is 34.6 Å². The van der Waals surface area contributed by atoms with Gasteiger partial charge in [0.15, 0.2) is 17.7 Å². The highest BCUT2D eigenvalue weighted by Crippen LogP contribution is 2.59. The minimum absolute atomic E-state index is 0.138. The number of nitrogens with one attached hydrogen (secondary N) is 3. The average molecular weight is 598 g/mol. The van der Waals surface area contributed by atoms with E-state index in [1.807, 2.05) is 63.2 Å². The molecule has 0 saturated carbocycles. The lowest BCUT2D eigenvalue weighted by molar-refractivity contribution is -0.135. The van der Waals surface area contributed by atoms with Gasteiger partial charge in [-0.15, -0.1) is 0 Å². The number of oxazole rings is 2. The van der Waals surface area contributed by atoms with Gasteiger partial charge in [0, 0.05) is 17.7 Å². The number of hydrogen-bond donors (Lipinski definition) is 4. The van der Waals surface area contributed by atoms with Gasteiger partial charge in [0.25, 0.3) is 0 Å². The van der Waals surface area contributed by atoms with Crippen molar-refractivity contribution < 1.29 is 28.3 Å². The molecule has 0 fully saturated rings. The van der Waals surface area contributed by atoms with Crippen LogP contribution in [0.2, 0.25) is 0 Å². The number of nitrogens with zero attached hydrogens (tertiary/aromatic N) is 2. The van der Waals surface area contributed by atoms with Crippen molar-refractivity contribution >= 4 is 17.5 Å². The number of carbonyl (C=O) groups excluding carboxylic acids is 2. The van der Waals surface area contributed by atoms with E-state index in [0.717, 1.165) is 22.4 Å². The Labute approximate surface area is 254 Å². The van der Waals surface area contributed by atoms with Crippen molar-refractivity contribution in [2.75, 3.05) is 5.32 Å². The van der Waals surface area contributed by atoms with Crippen molar-refractivity contribution in [1.29, 1.82) is 0 Å². The second-order valence-electron chi connectivity index (χ2n) is 12.5. The van der Waals surface area contributed by atoms with Crippen molar-refractivity contribution in [3.05, 3.63) is 82.8 Å². The zero-order valence-electron chi connectivity index (χ0n) is 25.2. The van der Waals surface area contributed by atoms with E-state index in [-0.39, 0.29) is 24.1 Å². The Bertz CT molecular complexity index is 1780. The lowest BCUT2D eigenvalue weighted by atomic mass is 9.72. The van der Waals surface area contributed by atoms with E-state index >= 15 is 0 Å². The first-order chi connectivity index (χ1) is 21.1. The molecule has 0 radical (unpaired) electrons. The number of carbonyl (C=O) groups is 2. The fourth-order valence-corrected chi connectivity index (χ4v) is 6.47. The van der Waals surface area contributed by atoms with Crippen molar-refractivity contribution in [1.82, 2.24) is 20.6 Å². The molecule has 228 valence electrons. The minimum atomic E-state index is -1.26. The maximum Gasteiger partial charge on any atom is 0.249 e. The lowest BCUT2D eigenvalue weighted by Gasteiger charge is -2.29. The van der Waals surface area contributed by atoms with Crippen molar-refractivity contribution in [3.8, 4) is 17.3 Å². The molecule has 0 aliphatic carbocycles. The molecule has 0 saturated heterocycles. The number of aliphatic hydroxyl groups excluding tert-OH is 1. The van der Waals surface area contributed by atoms with Crippen LogP contribution < -0.4 is 20.7 Å². The monoisotopic (exact) mass is 597 g/mol. The van der Waals surface area contributed by atoms with Crippen LogP contribution in [0.4, 0.5) is 5.69 Å². The van der Waals surface area contributed by atoms with Crippen LogP contribution in [0, 0.1) is 18.8 Å². The van der Waals surface area contributed by atoms with Crippen LogP contribution in [0.5, 0.6) is 5.75 Å². The molecule has 7 rings (SSSR count). The Morgan fingerprint density at radius 3 is 2.61 bits per heavy atom. The molecule has 11 heteroatoms. The van der Waals surface area contributed by atoms with E-state index in [9.17, 15) is 14.7 Å². The Balaban J connectivity index is 1.48. The fraction of sp³-hybridized carbons (Fsp3) is 0.394. The molecule has 1 spiro atoms. The van der Waals surface area contributed by atoms with Crippen molar-refractivity contribution in [2.45, 2.75) is 70.9 Å². The first-order valence-electron chi connectivity index (χ1n) is 15.0. The molecule has 4 N–H and O–H groups in total. The maximum absolute atomic E-state index is 13.9. The standard InChI is InChI=1S/C33H35N5O6/c1-15(2)24-31-38-25(30-34-17(5)14-42-30)27(44-31)33-19-8-6-7-9-21(19)36-32(33)43-23-11-10-18(12-20(23)33)13-22(28(40)37-24)35-29(41)26(39)16(3)4/h6-12,14-16,22,24,26,32,36,39H,13H2,1-5H3,(H,35,41)(H,37,40)/t22-,24-,26-,32?,33-/m0/s1. The summed E-state index contributed by atoms with van der Waals surface area (Å²) in [6, 6.07) is 12.1. The number of ether oxygens (including phenoxy) is 1. The molecule has 1 unspecified atom stereocenters. The minimum Gasteiger partial charge on any atom is -0.469 e. The third kappa shape index (κ3) is 4.21. The molecular weight excluding hydrogens is 562 g/mol. The molecule has 2 amide bonds. The maximum atomic E-state index is 13.9. The summed E-state index contributed by atoms with van der Waals surface area (Å²) in [6.07, 6.45) is -0.0682. The predicted octanol–water partition coefficient (Wildman–Crippen LogP) is 3.99. The highest BCUT2D eigenvalue weighted by molar-refractivity contribution is 5.90. The third-order valence-electron chi connectivity index (χ3n) is 8.77. The molecule has 4 aromatic rings. The molecule has 4 bridgehead atoms. The number of rotatable bonds is 5. The predicted molar refractivity (Wildman–Crippen MR) is 160 cm³/mol. The van der Waals surface area contributed by atoms with Gasteiger partial charge in [-0.2, -0.15) is 0 Å². The van der Waals surface area contributed by atoms with Crippen LogP contribution >= 0.6 is 0 Å². The number of anilines is 1. The van der Waals surface area contributed by atoms with Gasteiger partial charge in [-0.1, -0.05) is 58.0 Å². The zero-order chi connectivity index (χ0) is 30.9. The van der Waals surface area contributed by atoms with Gasteiger partial charge in [-0.25, -0.2) is 9.97 Å². The second-order valence-corrected chi connectivity index (χ2v) is 12.5. The molecule has 5 atom stereocenters. The summed E-state index contributed by atoms with van der Waals surface area (Å²) in [5, 5.41) is 19.9. The van der Waals surface area contributed by atoms with Crippen LogP contribution in [-0.2, 0) is 21.4 Å². The molecule has 5 heterocycles. The van der Waals surface area contributed by atoms with Gasteiger partial charge in [0.05, 0.1) is 5.69 Å². The smallest absolute Gasteiger partial charge is 0.249 e.